The highest BCUT2D eigenvalue weighted by Crippen LogP contribution is 2.24. The highest BCUT2D eigenvalue weighted by atomic mass is 79.9. The summed E-state index contributed by atoms with van der Waals surface area (Å²) in [7, 11) is 0. The Morgan fingerprint density at radius 3 is 2.21 bits per heavy atom. The van der Waals surface area contributed by atoms with Crippen LogP contribution in [-0.4, -0.2) is 5.11 Å². The van der Waals surface area contributed by atoms with E-state index in [4.69, 9.17) is 0 Å². The maximum absolute atomic E-state index is 10.6. The van der Waals surface area contributed by atoms with Crippen molar-refractivity contribution in [2.75, 3.05) is 0 Å². The zero-order valence-electron chi connectivity index (χ0n) is 11.1. The van der Waals surface area contributed by atoms with Crippen LogP contribution in [0.2, 0.25) is 0 Å². The Morgan fingerprint density at radius 2 is 1.63 bits per heavy atom. The lowest BCUT2D eigenvalue weighted by Crippen LogP contribution is -2.40. The molecule has 100 valence electrons. The summed E-state index contributed by atoms with van der Waals surface area (Å²) in [5, 5.41) is 13.8. The maximum Gasteiger partial charge on any atom is 0.139 e. The molecule has 19 heavy (non-hydrogen) atoms. The van der Waals surface area contributed by atoms with Gasteiger partial charge in [0, 0.05) is 10.5 Å². The van der Waals surface area contributed by atoms with Crippen molar-refractivity contribution in [3.63, 3.8) is 0 Å². The molecule has 0 heterocycles. The number of halogens is 1. The van der Waals surface area contributed by atoms with E-state index in [2.05, 4.69) is 33.4 Å². The number of hydrogen-bond acceptors (Lipinski definition) is 2. The Labute approximate surface area is 122 Å². The second-order valence-electron chi connectivity index (χ2n) is 4.86. The SMILES string of the molecule is C[C@@H](N[C@@](C)(O)c1ccc(Br)cc1)c1ccccc1. The third-order valence-corrected chi connectivity index (χ3v) is 3.73. The van der Waals surface area contributed by atoms with Gasteiger partial charge in [-0.05, 0) is 37.1 Å². The van der Waals surface area contributed by atoms with Gasteiger partial charge in [0.25, 0.3) is 0 Å². The Balaban J connectivity index is 2.15. The average molecular weight is 320 g/mol. The first-order valence-electron chi connectivity index (χ1n) is 6.30. The lowest BCUT2D eigenvalue weighted by molar-refractivity contribution is 0.00931. The number of benzene rings is 2. The van der Waals surface area contributed by atoms with Gasteiger partial charge < -0.3 is 5.11 Å². The molecule has 0 aromatic heterocycles. The van der Waals surface area contributed by atoms with Gasteiger partial charge in [-0.1, -0.05) is 58.4 Å². The molecule has 2 nitrogen and oxygen atoms in total. The first-order valence-corrected chi connectivity index (χ1v) is 7.09. The minimum atomic E-state index is -1.06. The predicted octanol–water partition coefficient (Wildman–Crippen LogP) is 3.96. The molecule has 2 N–H and O–H groups in total. The van der Waals surface area contributed by atoms with Gasteiger partial charge in [0.05, 0.1) is 0 Å². The second-order valence-corrected chi connectivity index (χ2v) is 5.77. The van der Waals surface area contributed by atoms with E-state index >= 15 is 0 Å². The fourth-order valence-corrected chi connectivity index (χ4v) is 2.37. The predicted molar refractivity (Wildman–Crippen MR) is 81.7 cm³/mol. The molecule has 0 bridgehead atoms. The molecular weight excluding hydrogens is 302 g/mol. The number of hydrogen-bond donors (Lipinski definition) is 2. The zero-order valence-corrected chi connectivity index (χ0v) is 12.7. The smallest absolute Gasteiger partial charge is 0.139 e. The van der Waals surface area contributed by atoms with Crippen molar-refractivity contribution in [1.29, 1.82) is 0 Å². The fourth-order valence-electron chi connectivity index (χ4n) is 2.10. The molecule has 0 spiro atoms. The lowest BCUT2D eigenvalue weighted by Gasteiger charge is -2.29. The molecule has 0 amide bonds. The van der Waals surface area contributed by atoms with Crippen molar-refractivity contribution in [2.24, 2.45) is 0 Å². The maximum atomic E-state index is 10.6. The molecule has 2 aromatic carbocycles. The molecule has 2 rings (SSSR count). The molecule has 0 saturated carbocycles. The Hall–Kier alpha value is -1.16. The van der Waals surface area contributed by atoms with Crippen LogP contribution in [0.5, 0.6) is 0 Å². The summed E-state index contributed by atoms with van der Waals surface area (Å²) in [5.41, 5.74) is 0.939. The minimum Gasteiger partial charge on any atom is -0.372 e. The second kappa shape index (κ2) is 5.87. The standard InChI is InChI=1S/C16H18BrNO/c1-12(13-6-4-3-5-7-13)18-16(2,19)14-8-10-15(17)11-9-14/h3-12,18-19H,1-2H3/t12-,16+/m1/s1. The van der Waals surface area contributed by atoms with Crippen LogP contribution in [0.25, 0.3) is 0 Å². The third-order valence-electron chi connectivity index (χ3n) is 3.20. The van der Waals surface area contributed by atoms with Gasteiger partial charge in [0.15, 0.2) is 0 Å². The molecule has 0 fully saturated rings. The third kappa shape index (κ3) is 3.66. The van der Waals surface area contributed by atoms with Crippen LogP contribution < -0.4 is 5.32 Å². The van der Waals surface area contributed by atoms with Crippen LogP contribution in [0.15, 0.2) is 59.1 Å². The summed E-state index contributed by atoms with van der Waals surface area (Å²) in [6.07, 6.45) is 0. The van der Waals surface area contributed by atoms with Crippen LogP contribution in [-0.2, 0) is 5.72 Å². The van der Waals surface area contributed by atoms with E-state index in [1.165, 1.54) is 0 Å². The van der Waals surface area contributed by atoms with E-state index in [0.29, 0.717) is 0 Å². The van der Waals surface area contributed by atoms with Gasteiger partial charge in [-0.3, -0.25) is 5.32 Å². The van der Waals surface area contributed by atoms with E-state index in [1.807, 2.05) is 49.4 Å². The molecule has 0 aliphatic rings. The summed E-state index contributed by atoms with van der Waals surface area (Å²) in [5.74, 6) is 0. The number of nitrogens with one attached hydrogen (secondary N) is 1. The first kappa shape index (κ1) is 14.3. The van der Waals surface area contributed by atoms with Crippen molar-refractivity contribution in [3.8, 4) is 0 Å². The molecule has 0 aliphatic heterocycles. The fraction of sp³-hybridized carbons (Fsp3) is 0.250. The van der Waals surface area contributed by atoms with Crippen LogP contribution in [0, 0.1) is 0 Å². The van der Waals surface area contributed by atoms with Gasteiger partial charge >= 0.3 is 0 Å². The van der Waals surface area contributed by atoms with Gasteiger partial charge in [-0.15, -0.1) is 0 Å². The molecule has 2 atom stereocenters. The Bertz CT molecular complexity index is 522. The summed E-state index contributed by atoms with van der Waals surface area (Å²) in [6, 6.07) is 17.8. The van der Waals surface area contributed by atoms with Crippen molar-refractivity contribution in [2.45, 2.75) is 25.6 Å². The number of rotatable bonds is 4. The molecular formula is C16H18BrNO. The molecule has 0 unspecified atom stereocenters. The normalized spacial score (nSPS) is 15.8. The van der Waals surface area contributed by atoms with Crippen molar-refractivity contribution in [1.82, 2.24) is 5.32 Å². The van der Waals surface area contributed by atoms with Gasteiger partial charge in [-0.25, -0.2) is 0 Å². The van der Waals surface area contributed by atoms with E-state index < -0.39 is 5.72 Å². The quantitative estimate of drug-likeness (QED) is 0.836. The monoisotopic (exact) mass is 319 g/mol. The van der Waals surface area contributed by atoms with Crippen molar-refractivity contribution >= 4 is 15.9 Å². The van der Waals surface area contributed by atoms with E-state index in [1.54, 1.807) is 6.92 Å². The Kier molecular flexibility index (Phi) is 4.40. The topological polar surface area (TPSA) is 32.3 Å². The molecule has 0 saturated heterocycles. The van der Waals surface area contributed by atoms with Crippen LogP contribution in [0.1, 0.15) is 31.0 Å². The average Bonchev–Trinajstić information content (AvgIpc) is 2.40. The van der Waals surface area contributed by atoms with Crippen LogP contribution in [0.4, 0.5) is 0 Å². The summed E-state index contributed by atoms with van der Waals surface area (Å²) >= 11 is 3.40. The highest BCUT2D eigenvalue weighted by Gasteiger charge is 2.25. The number of aliphatic hydroxyl groups is 1. The largest absolute Gasteiger partial charge is 0.372 e. The lowest BCUT2D eigenvalue weighted by atomic mass is 10.0. The van der Waals surface area contributed by atoms with Gasteiger partial charge in [-0.2, -0.15) is 0 Å². The van der Waals surface area contributed by atoms with Crippen LogP contribution >= 0.6 is 15.9 Å². The van der Waals surface area contributed by atoms with Gasteiger partial charge in [0.1, 0.15) is 5.72 Å². The van der Waals surface area contributed by atoms with E-state index in [0.717, 1.165) is 15.6 Å². The van der Waals surface area contributed by atoms with Crippen molar-refractivity contribution < 1.29 is 5.11 Å². The molecule has 2 aromatic rings. The highest BCUT2D eigenvalue weighted by molar-refractivity contribution is 9.10. The van der Waals surface area contributed by atoms with E-state index in [9.17, 15) is 5.11 Å². The van der Waals surface area contributed by atoms with Crippen molar-refractivity contribution in [3.05, 3.63) is 70.2 Å². The minimum absolute atomic E-state index is 0.0693. The first-order chi connectivity index (χ1) is 8.99. The van der Waals surface area contributed by atoms with Gasteiger partial charge in [0.2, 0.25) is 0 Å². The van der Waals surface area contributed by atoms with Crippen LogP contribution in [0.3, 0.4) is 0 Å². The van der Waals surface area contributed by atoms with E-state index in [-0.39, 0.29) is 6.04 Å². The molecule has 0 aliphatic carbocycles. The zero-order chi connectivity index (χ0) is 13.9. The molecule has 3 heteroatoms. The summed E-state index contributed by atoms with van der Waals surface area (Å²) < 4.78 is 1.00. The summed E-state index contributed by atoms with van der Waals surface area (Å²) in [4.78, 5) is 0. The Morgan fingerprint density at radius 1 is 1.05 bits per heavy atom. The summed E-state index contributed by atoms with van der Waals surface area (Å²) in [6.45, 7) is 3.82. The molecule has 0 radical (unpaired) electrons.